The molecule has 12 nitrogen and oxygen atoms in total. The molecule has 2 aromatic rings. The zero-order chi connectivity index (χ0) is 29.0. The van der Waals surface area contributed by atoms with E-state index in [9.17, 15) is 19.8 Å². The van der Waals surface area contributed by atoms with E-state index in [1.807, 2.05) is 0 Å². The van der Waals surface area contributed by atoms with Crippen molar-refractivity contribution in [1.29, 1.82) is 0 Å². The predicted molar refractivity (Wildman–Crippen MR) is 151 cm³/mol. The lowest BCUT2D eigenvalue weighted by Gasteiger charge is -2.22. The first kappa shape index (κ1) is 31.3. The minimum Gasteiger partial charge on any atom is -0.465 e. The van der Waals surface area contributed by atoms with Crippen molar-refractivity contribution >= 4 is 48.6 Å². The van der Waals surface area contributed by atoms with E-state index in [-0.39, 0.29) is 0 Å². The van der Waals surface area contributed by atoms with Gasteiger partial charge in [0.1, 0.15) is 36.0 Å². The van der Waals surface area contributed by atoms with Crippen LogP contribution in [0.1, 0.15) is 33.4 Å². The molecule has 0 amide bonds. The normalized spacial score (nSPS) is 22.7. The fourth-order valence-corrected chi connectivity index (χ4v) is 5.55. The minimum absolute atomic E-state index is 0.314. The van der Waals surface area contributed by atoms with Crippen LogP contribution in [-0.4, -0.2) is 87.2 Å². The van der Waals surface area contributed by atoms with E-state index in [4.69, 9.17) is 20.0 Å². The third kappa shape index (κ3) is 8.38. The smallest absolute Gasteiger partial charge is 0.330 e. The number of carbonyl (C=O) groups is 2. The van der Waals surface area contributed by atoms with Gasteiger partial charge < -0.3 is 34.8 Å². The molecule has 2 aromatic heterocycles. The maximum Gasteiger partial charge on any atom is 0.330 e. The van der Waals surface area contributed by atoms with Gasteiger partial charge >= 0.3 is 11.9 Å². The van der Waals surface area contributed by atoms with Crippen LogP contribution >= 0.6 is 11.8 Å². The van der Waals surface area contributed by atoms with Crippen molar-refractivity contribution in [2.24, 2.45) is 5.41 Å². The summed E-state index contributed by atoms with van der Waals surface area (Å²) in [5.74, 6) is 0.196. The van der Waals surface area contributed by atoms with Crippen molar-refractivity contribution in [3.63, 3.8) is 0 Å². The Balaban J connectivity index is 1.55. The number of ether oxygens (including phenoxy) is 2. The number of aromatic nitrogens is 3. The van der Waals surface area contributed by atoms with Gasteiger partial charge in [0.2, 0.25) is 0 Å². The molecule has 0 spiro atoms. The second kappa shape index (κ2) is 13.0. The average molecular weight is 584 g/mol. The van der Waals surface area contributed by atoms with Gasteiger partial charge in [-0.05, 0) is 45.1 Å². The number of nitrogens with two attached hydrogens (primary N) is 1. The van der Waals surface area contributed by atoms with Crippen molar-refractivity contribution < 1.29 is 34.1 Å². The van der Waals surface area contributed by atoms with Crippen molar-refractivity contribution in [1.82, 2.24) is 20.0 Å². The molecule has 5 N–H and O–H groups in total. The monoisotopic (exact) mass is 583 g/mol. The molecule has 1 saturated heterocycles. The minimum atomic E-state index is -1.38. The van der Waals surface area contributed by atoms with Crippen LogP contribution < -0.4 is 11.2 Å². The highest BCUT2D eigenvalue weighted by Crippen LogP contribution is 2.34. The number of hydrogen-bond acceptors (Lipinski definition) is 12. The highest BCUT2D eigenvalue weighted by Gasteiger charge is 2.44. The molecule has 3 heterocycles. The molecule has 1 aliphatic rings. The third-order valence-corrected chi connectivity index (χ3v) is 9.06. The first-order valence-corrected chi connectivity index (χ1v) is 17.8. The van der Waals surface area contributed by atoms with E-state index < -0.39 is 56.0 Å². The Hall–Kier alpha value is -2.23. The number of anilines is 1. The summed E-state index contributed by atoms with van der Waals surface area (Å²) in [7, 11) is -1.38. The number of fused-ring (bicyclic) bond motifs is 1. The van der Waals surface area contributed by atoms with E-state index in [1.54, 1.807) is 37.6 Å². The molecular formula is C25H41N5O7SSi. The molecule has 0 bridgehead atoms. The fraction of sp³-hybridized carbons (Fsp3) is 0.680. The maximum atomic E-state index is 12.8. The second-order valence-electron chi connectivity index (χ2n) is 11.9. The number of nitrogens with zero attached hydrogens (tertiary/aromatic N) is 3. The summed E-state index contributed by atoms with van der Waals surface area (Å²) in [5, 5.41) is 21.9. The number of thioether (sulfide) groups is 1. The van der Waals surface area contributed by atoms with Gasteiger partial charge in [-0.25, -0.2) is 14.8 Å². The van der Waals surface area contributed by atoms with E-state index in [1.165, 1.54) is 18.1 Å². The van der Waals surface area contributed by atoms with Gasteiger partial charge in [-0.3, -0.25) is 4.79 Å². The van der Waals surface area contributed by atoms with Gasteiger partial charge in [-0.15, -0.1) is 5.48 Å². The summed E-state index contributed by atoms with van der Waals surface area (Å²) >= 11 is 1.44. The molecule has 5 atom stereocenters. The van der Waals surface area contributed by atoms with Crippen LogP contribution in [0.4, 0.5) is 5.82 Å². The van der Waals surface area contributed by atoms with Crippen LogP contribution in [0, 0.1) is 5.41 Å². The summed E-state index contributed by atoms with van der Waals surface area (Å²) in [6.07, 6.45) is -0.443. The Morgan fingerprint density at radius 3 is 2.64 bits per heavy atom. The van der Waals surface area contributed by atoms with Crippen LogP contribution in [0.3, 0.4) is 0 Å². The Labute approximate surface area is 233 Å². The van der Waals surface area contributed by atoms with Crippen molar-refractivity contribution in [3.8, 4) is 0 Å². The van der Waals surface area contributed by atoms with E-state index >= 15 is 0 Å². The summed E-state index contributed by atoms with van der Waals surface area (Å²) in [6, 6.07) is 1.73. The van der Waals surface area contributed by atoms with Crippen LogP contribution in [0.5, 0.6) is 0 Å². The standard InChI is InChI=1S/C25H41N5O7SSi/c1-25(2,3)24(34)37-29-16(23(33)35-10-12-39(4,5)6)8-11-38-13-17-18(31)19(32)22(36-17)30-9-7-15-20(26)27-14-28-21(15)30/h7,9,14,16-19,22,29,31-32H,8,10-13H2,1-6H3,(H2,26,27,28)/t16?,17-,18-,19-,22?/m1/s1. The van der Waals surface area contributed by atoms with E-state index in [0.717, 1.165) is 6.04 Å². The Kier molecular flexibility index (Phi) is 10.4. The molecule has 0 saturated carbocycles. The molecule has 3 rings (SSSR count). The number of hydrogen-bond donors (Lipinski definition) is 4. The summed E-state index contributed by atoms with van der Waals surface area (Å²) in [6.45, 7) is 12.1. The quantitative estimate of drug-likeness (QED) is 0.124. The van der Waals surface area contributed by atoms with Gasteiger partial charge in [-0.1, -0.05) is 19.6 Å². The summed E-state index contributed by atoms with van der Waals surface area (Å²) in [5.41, 5.74) is 8.26. The lowest BCUT2D eigenvalue weighted by atomic mass is 9.98. The molecule has 1 fully saturated rings. The molecule has 39 heavy (non-hydrogen) atoms. The largest absolute Gasteiger partial charge is 0.465 e. The second-order valence-corrected chi connectivity index (χ2v) is 18.7. The molecular weight excluding hydrogens is 542 g/mol. The van der Waals surface area contributed by atoms with Crippen molar-refractivity contribution in [2.75, 3.05) is 23.8 Å². The first-order valence-electron chi connectivity index (χ1n) is 13.0. The zero-order valence-corrected chi connectivity index (χ0v) is 25.2. The summed E-state index contributed by atoms with van der Waals surface area (Å²) in [4.78, 5) is 38.4. The lowest BCUT2D eigenvalue weighted by molar-refractivity contribution is -0.167. The van der Waals surface area contributed by atoms with Gasteiger partial charge in [0.05, 0.1) is 23.5 Å². The number of carbonyl (C=O) groups excluding carboxylic acids is 2. The Bertz CT molecular complexity index is 1140. The van der Waals surface area contributed by atoms with Crippen LogP contribution in [0.15, 0.2) is 18.6 Å². The first-order chi connectivity index (χ1) is 18.2. The SMILES string of the molecule is CC(C)(C)C(=O)ONC(CCSC[C@H]1OC(n2ccc3c(N)ncnc32)[C@H](O)[C@@H]1O)C(=O)OCC[Si](C)(C)C. The fourth-order valence-electron chi connectivity index (χ4n) is 3.75. The topological polar surface area (TPSA) is 171 Å². The number of hydroxylamine groups is 1. The van der Waals surface area contributed by atoms with E-state index in [2.05, 4.69) is 35.1 Å². The number of nitrogen functional groups attached to an aromatic ring is 1. The number of esters is 1. The summed E-state index contributed by atoms with van der Waals surface area (Å²) < 4.78 is 13.1. The van der Waals surface area contributed by atoms with E-state index in [0.29, 0.717) is 41.4 Å². The van der Waals surface area contributed by atoms with Gasteiger partial charge in [-0.2, -0.15) is 11.8 Å². The zero-order valence-electron chi connectivity index (χ0n) is 23.4. The molecule has 14 heteroatoms. The van der Waals surface area contributed by atoms with Crippen LogP contribution in [0.25, 0.3) is 11.0 Å². The number of aliphatic hydroxyl groups excluding tert-OH is 2. The van der Waals surface area contributed by atoms with Gasteiger partial charge in [0.15, 0.2) is 6.23 Å². The Morgan fingerprint density at radius 1 is 1.26 bits per heavy atom. The molecule has 1 aliphatic heterocycles. The molecule has 0 radical (unpaired) electrons. The number of aliphatic hydroxyl groups is 2. The lowest BCUT2D eigenvalue weighted by Crippen LogP contribution is -2.42. The maximum absolute atomic E-state index is 12.8. The molecule has 2 unspecified atom stereocenters. The average Bonchev–Trinajstić information content (AvgIpc) is 3.39. The predicted octanol–water partition coefficient (Wildman–Crippen LogP) is 2.10. The molecule has 0 aliphatic carbocycles. The van der Waals surface area contributed by atoms with Crippen LogP contribution in [-0.2, 0) is 23.9 Å². The Morgan fingerprint density at radius 2 is 1.97 bits per heavy atom. The third-order valence-electron chi connectivity index (χ3n) is 6.27. The number of rotatable bonds is 12. The van der Waals surface area contributed by atoms with Crippen molar-refractivity contribution in [2.45, 2.75) is 83.5 Å². The highest BCUT2D eigenvalue weighted by atomic mass is 32.2. The van der Waals surface area contributed by atoms with Gasteiger partial charge in [0.25, 0.3) is 0 Å². The van der Waals surface area contributed by atoms with Gasteiger partial charge in [0, 0.05) is 20.0 Å². The molecule has 0 aromatic carbocycles. The number of nitrogens with one attached hydrogen (secondary N) is 1. The molecule has 218 valence electrons. The van der Waals surface area contributed by atoms with Crippen LogP contribution in [0.2, 0.25) is 25.7 Å². The van der Waals surface area contributed by atoms with Crippen molar-refractivity contribution in [3.05, 3.63) is 18.6 Å². The highest BCUT2D eigenvalue weighted by molar-refractivity contribution is 7.99.